The molecule has 4 N–H and O–H groups in total. The maximum absolute atomic E-state index is 14.4. The summed E-state index contributed by atoms with van der Waals surface area (Å²) in [5, 5.41) is 35.9. The number of phenolic OH excluding ortho intramolecular Hbond substituents is 1. The number of phenols is 1. The highest BCUT2D eigenvalue weighted by Crippen LogP contribution is 2.33. The van der Waals surface area contributed by atoms with E-state index < -0.39 is 17.8 Å². The Kier molecular flexibility index (Phi) is 8.31. The molecule has 1 heterocycles. The van der Waals surface area contributed by atoms with Crippen molar-refractivity contribution in [3.05, 3.63) is 52.6 Å². The number of Topliss-reactive ketones (excluding diaryl/α,β-unsaturated/α-hetero) is 1. The topological polar surface area (TPSA) is 160 Å². The van der Waals surface area contributed by atoms with E-state index in [1.165, 1.54) is 25.1 Å². The number of ketones is 1. The predicted molar refractivity (Wildman–Crippen MR) is 122 cm³/mol. The highest BCUT2D eigenvalue weighted by Gasteiger charge is 2.18. The van der Waals surface area contributed by atoms with Crippen molar-refractivity contribution in [2.45, 2.75) is 39.7 Å². The van der Waals surface area contributed by atoms with Crippen molar-refractivity contribution in [2.75, 3.05) is 18.5 Å². The molecular weight excluding hydrogens is 461 g/mol. The SMILES string of the molecule is CCCc1c(OCC(O)COc2cc(NC(=O)c3nn[nH]n3)c(C)cc2F)ccc(C(C)=O)c1O. The number of aryl methyl sites for hydroxylation is 1. The number of tetrazole rings is 1. The number of aliphatic hydroxyl groups is 1. The Morgan fingerprint density at radius 3 is 2.54 bits per heavy atom. The maximum Gasteiger partial charge on any atom is 0.297 e. The van der Waals surface area contributed by atoms with E-state index in [0.717, 1.165) is 0 Å². The van der Waals surface area contributed by atoms with Crippen molar-refractivity contribution in [3.63, 3.8) is 0 Å². The van der Waals surface area contributed by atoms with Gasteiger partial charge < -0.3 is 25.0 Å². The van der Waals surface area contributed by atoms with E-state index in [2.05, 4.69) is 25.9 Å². The number of hydrogen-bond acceptors (Lipinski definition) is 9. The first-order chi connectivity index (χ1) is 16.7. The Balaban J connectivity index is 1.64. The number of H-pyrrole nitrogens is 1. The van der Waals surface area contributed by atoms with Gasteiger partial charge in [-0.3, -0.25) is 9.59 Å². The van der Waals surface area contributed by atoms with Crippen molar-refractivity contribution >= 4 is 17.4 Å². The monoisotopic (exact) mass is 487 g/mol. The molecule has 0 aliphatic rings. The number of nitrogens with one attached hydrogen (secondary N) is 2. The molecule has 0 fully saturated rings. The Hall–Kier alpha value is -4.06. The average Bonchev–Trinajstić information content (AvgIpc) is 3.35. The predicted octanol–water partition coefficient (Wildman–Crippen LogP) is 2.58. The van der Waals surface area contributed by atoms with Crippen LogP contribution in [0, 0.1) is 12.7 Å². The molecule has 1 unspecified atom stereocenters. The second-order valence-electron chi connectivity index (χ2n) is 7.81. The van der Waals surface area contributed by atoms with E-state index in [9.17, 15) is 24.2 Å². The van der Waals surface area contributed by atoms with Gasteiger partial charge in [0.15, 0.2) is 17.3 Å². The Labute approximate surface area is 200 Å². The fourth-order valence-electron chi connectivity index (χ4n) is 3.28. The number of amides is 1. The van der Waals surface area contributed by atoms with Gasteiger partial charge in [-0.15, -0.1) is 10.2 Å². The fraction of sp³-hybridized carbons (Fsp3) is 0.348. The number of benzene rings is 2. The lowest BCUT2D eigenvalue weighted by Gasteiger charge is -2.18. The van der Waals surface area contributed by atoms with Crippen LogP contribution in [0.3, 0.4) is 0 Å². The lowest BCUT2D eigenvalue weighted by atomic mass is 10.0. The zero-order chi connectivity index (χ0) is 25.5. The van der Waals surface area contributed by atoms with Gasteiger partial charge in [0.25, 0.3) is 11.7 Å². The molecule has 3 aromatic rings. The molecule has 186 valence electrons. The molecule has 0 bridgehead atoms. The minimum Gasteiger partial charge on any atom is -0.507 e. The van der Waals surface area contributed by atoms with Gasteiger partial charge in [0, 0.05) is 17.3 Å². The Bertz CT molecular complexity index is 1200. The minimum atomic E-state index is -1.14. The van der Waals surface area contributed by atoms with E-state index in [1.807, 2.05) is 6.92 Å². The van der Waals surface area contributed by atoms with Crippen LogP contribution in [-0.4, -0.2) is 61.8 Å². The molecule has 0 radical (unpaired) electrons. The molecule has 0 saturated heterocycles. The lowest BCUT2D eigenvalue weighted by molar-refractivity contribution is 0.0608. The standard InChI is InChI=1S/C23H26FN5O6/c1-4-5-16-19(7-6-15(13(3)30)21(16)32)34-10-14(31)11-35-20-9-18(12(2)8-17(20)24)25-23(33)22-26-28-29-27-22/h6-9,14,31-32H,4-5,10-11H2,1-3H3,(H,25,33)(H,26,27,28,29). The number of aromatic nitrogens is 4. The van der Waals surface area contributed by atoms with E-state index in [-0.39, 0.29) is 47.6 Å². The third-order valence-corrected chi connectivity index (χ3v) is 5.06. The average molecular weight is 487 g/mol. The molecule has 1 atom stereocenters. The van der Waals surface area contributed by atoms with Crippen molar-refractivity contribution in [1.29, 1.82) is 0 Å². The molecule has 1 amide bonds. The van der Waals surface area contributed by atoms with Crippen LogP contribution in [0.4, 0.5) is 10.1 Å². The molecule has 3 rings (SSSR count). The summed E-state index contributed by atoms with van der Waals surface area (Å²) in [7, 11) is 0. The van der Waals surface area contributed by atoms with Gasteiger partial charge in [-0.2, -0.15) is 5.21 Å². The third-order valence-electron chi connectivity index (χ3n) is 5.06. The number of nitrogens with zero attached hydrogens (tertiary/aromatic N) is 3. The van der Waals surface area contributed by atoms with E-state index in [4.69, 9.17) is 9.47 Å². The van der Waals surface area contributed by atoms with Gasteiger partial charge in [-0.1, -0.05) is 13.3 Å². The summed E-state index contributed by atoms with van der Waals surface area (Å²) in [4.78, 5) is 23.8. The van der Waals surface area contributed by atoms with Gasteiger partial charge in [0.05, 0.1) is 5.56 Å². The van der Waals surface area contributed by atoms with Crippen LogP contribution in [0.5, 0.6) is 17.2 Å². The lowest BCUT2D eigenvalue weighted by Crippen LogP contribution is -2.25. The van der Waals surface area contributed by atoms with Gasteiger partial charge in [-0.25, -0.2) is 4.39 Å². The molecule has 0 spiro atoms. The second kappa shape index (κ2) is 11.4. The summed E-state index contributed by atoms with van der Waals surface area (Å²) in [6.45, 7) is 4.37. The molecule has 12 heteroatoms. The van der Waals surface area contributed by atoms with Crippen LogP contribution >= 0.6 is 0 Å². The Morgan fingerprint density at radius 1 is 1.20 bits per heavy atom. The molecule has 11 nitrogen and oxygen atoms in total. The molecule has 0 saturated carbocycles. The van der Waals surface area contributed by atoms with Crippen LogP contribution in [-0.2, 0) is 6.42 Å². The molecular formula is C23H26FN5O6. The normalized spacial score (nSPS) is 11.7. The quantitative estimate of drug-likeness (QED) is 0.298. The largest absolute Gasteiger partial charge is 0.507 e. The van der Waals surface area contributed by atoms with Crippen LogP contribution in [0.15, 0.2) is 24.3 Å². The summed E-state index contributed by atoms with van der Waals surface area (Å²) < 4.78 is 25.4. The van der Waals surface area contributed by atoms with Crippen LogP contribution in [0.2, 0.25) is 0 Å². The van der Waals surface area contributed by atoms with Gasteiger partial charge in [-0.05, 0) is 49.2 Å². The third kappa shape index (κ3) is 6.29. The summed E-state index contributed by atoms with van der Waals surface area (Å²) >= 11 is 0. The highest BCUT2D eigenvalue weighted by atomic mass is 19.1. The summed E-state index contributed by atoms with van der Waals surface area (Å²) in [6.07, 6.45) is 0.0361. The number of rotatable bonds is 11. The smallest absolute Gasteiger partial charge is 0.297 e. The number of aromatic amines is 1. The first-order valence-corrected chi connectivity index (χ1v) is 10.9. The zero-order valence-electron chi connectivity index (χ0n) is 19.5. The zero-order valence-corrected chi connectivity index (χ0v) is 19.5. The number of anilines is 1. The van der Waals surface area contributed by atoms with E-state index in [1.54, 1.807) is 13.0 Å². The molecule has 2 aromatic carbocycles. The van der Waals surface area contributed by atoms with Crippen molar-refractivity contribution in [3.8, 4) is 17.2 Å². The molecule has 0 aliphatic heterocycles. The van der Waals surface area contributed by atoms with Crippen molar-refractivity contribution in [1.82, 2.24) is 20.6 Å². The summed E-state index contributed by atoms with van der Waals surface area (Å²) in [5.41, 5.74) is 1.38. The molecule has 0 aliphatic carbocycles. The number of aromatic hydroxyl groups is 1. The van der Waals surface area contributed by atoms with E-state index in [0.29, 0.717) is 29.7 Å². The minimum absolute atomic E-state index is 0.139. The molecule has 35 heavy (non-hydrogen) atoms. The van der Waals surface area contributed by atoms with Crippen LogP contribution < -0.4 is 14.8 Å². The number of aliphatic hydroxyl groups excluding tert-OH is 1. The molecule has 1 aromatic heterocycles. The van der Waals surface area contributed by atoms with Crippen LogP contribution in [0.25, 0.3) is 0 Å². The maximum atomic E-state index is 14.4. The first kappa shape index (κ1) is 25.6. The van der Waals surface area contributed by atoms with Crippen LogP contribution in [0.1, 0.15) is 52.4 Å². The number of halogens is 1. The Morgan fingerprint density at radius 2 is 1.91 bits per heavy atom. The number of hydrogen-bond donors (Lipinski definition) is 4. The summed E-state index contributed by atoms with van der Waals surface area (Å²) in [5.74, 6) is -1.77. The van der Waals surface area contributed by atoms with E-state index >= 15 is 0 Å². The second-order valence-corrected chi connectivity index (χ2v) is 7.81. The first-order valence-electron chi connectivity index (χ1n) is 10.9. The van der Waals surface area contributed by atoms with Crippen molar-refractivity contribution in [2.24, 2.45) is 0 Å². The van der Waals surface area contributed by atoms with Gasteiger partial charge >= 0.3 is 0 Å². The number of carbonyl (C=O) groups excluding carboxylic acids is 2. The van der Waals surface area contributed by atoms with Gasteiger partial charge in [0.1, 0.15) is 30.8 Å². The van der Waals surface area contributed by atoms with Crippen molar-refractivity contribution < 1.29 is 33.7 Å². The van der Waals surface area contributed by atoms with Gasteiger partial charge in [0.2, 0.25) is 0 Å². The summed E-state index contributed by atoms with van der Waals surface area (Å²) in [6, 6.07) is 5.49. The fourth-order valence-corrected chi connectivity index (χ4v) is 3.28. The highest BCUT2D eigenvalue weighted by molar-refractivity contribution is 6.01. The number of ether oxygens (including phenoxy) is 2. The number of carbonyl (C=O) groups is 2.